The maximum absolute atomic E-state index is 11.8. The van der Waals surface area contributed by atoms with Gasteiger partial charge in [-0.15, -0.1) is 12.4 Å². The van der Waals surface area contributed by atoms with E-state index in [0.29, 0.717) is 12.2 Å². The van der Waals surface area contributed by atoms with Crippen molar-refractivity contribution < 1.29 is 9.32 Å². The molecule has 6 heteroatoms. The van der Waals surface area contributed by atoms with Gasteiger partial charge in [0.05, 0.1) is 0 Å². The van der Waals surface area contributed by atoms with E-state index < -0.39 is 0 Å². The number of carbonyl (C=O) groups is 1. The monoisotopic (exact) mass is 309 g/mol. The van der Waals surface area contributed by atoms with E-state index in [1.54, 1.807) is 6.07 Å². The first-order chi connectivity index (χ1) is 9.81. The molecule has 1 heterocycles. The van der Waals surface area contributed by atoms with Crippen LogP contribution in [0.3, 0.4) is 0 Å². The number of carbonyl (C=O) groups excluding carboxylic acids is 1. The minimum Gasteiger partial charge on any atom is -0.350 e. The number of rotatable bonds is 7. The fourth-order valence-corrected chi connectivity index (χ4v) is 1.78. The number of amides is 1. The van der Waals surface area contributed by atoms with Crippen molar-refractivity contribution in [3.8, 4) is 11.3 Å². The normalized spacial score (nSPS) is 9.95. The van der Waals surface area contributed by atoms with Crippen LogP contribution < -0.4 is 10.6 Å². The van der Waals surface area contributed by atoms with Gasteiger partial charge in [-0.3, -0.25) is 4.79 Å². The predicted molar refractivity (Wildman–Crippen MR) is 84.7 cm³/mol. The Balaban J connectivity index is 0.00000220. The summed E-state index contributed by atoms with van der Waals surface area (Å²) in [5, 5.41) is 9.91. The van der Waals surface area contributed by atoms with Crippen LogP contribution in [0.1, 0.15) is 23.9 Å². The molecule has 2 N–H and O–H groups in total. The highest BCUT2D eigenvalue weighted by Gasteiger charge is 2.13. The van der Waals surface area contributed by atoms with Crippen LogP contribution in [0.2, 0.25) is 0 Å². The number of benzene rings is 1. The first kappa shape index (κ1) is 17.2. The maximum atomic E-state index is 11.8. The molecule has 1 amide bonds. The van der Waals surface area contributed by atoms with Gasteiger partial charge in [-0.2, -0.15) is 0 Å². The molecule has 0 saturated heterocycles. The number of hydrogen-bond acceptors (Lipinski definition) is 4. The first-order valence-electron chi connectivity index (χ1n) is 6.82. The molecule has 114 valence electrons. The zero-order chi connectivity index (χ0) is 14.2. The molecule has 0 fully saturated rings. The third-order valence-corrected chi connectivity index (χ3v) is 2.82. The number of halogens is 1. The Morgan fingerprint density at radius 3 is 2.67 bits per heavy atom. The van der Waals surface area contributed by atoms with E-state index in [2.05, 4.69) is 22.7 Å². The van der Waals surface area contributed by atoms with Crippen LogP contribution in [0.4, 0.5) is 0 Å². The number of nitrogens with zero attached hydrogens (tertiary/aromatic N) is 1. The van der Waals surface area contributed by atoms with Crippen molar-refractivity contribution in [2.45, 2.75) is 13.3 Å². The Kier molecular flexibility index (Phi) is 7.50. The van der Waals surface area contributed by atoms with Crippen LogP contribution in [0.15, 0.2) is 40.9 Å². The Labute approximate surface area is 130 Å². The van der Waals surface area contributed by atoms with Crippen LogP contribution in [0.5, 0.6) is 0 Å². The van der Waals surface area contributed by atoms with Crippen LogP contribution in [0.25, 0.3) is 11.3 Å². The number of hydrogen-bond donors (Lipinski definition) is 2. The van der Waals surface area contributed by atoms with Crippen molar-refractivity contribution in [1.82, 2.24) is 15.8 Å². The van der Waals surface area contributed by atoms with E-state index in [-0.39, 0.29) is 24.1 Å². The molecule has 1 aromatic carbocycles. The predicted octanol–water partition coefficient (Wildman–Crippen LogP) is 2.49. The molecule has 0 radical (unpaired) electrons. The molecule has 1 aromatic heterocycles. The average Bonchev–Trinajstić information content (AvgIpc) is 2.98. The molecule has 0 aliphatic carbocycles. The lowest BCUT2D eigenvalue weighted by molar-refractivity contribution is 0.0917. The zero-order valence-corrected chi connectivity index (χ0v) is 12.8. The molecule has 0 bridgehead atoms. The molecule has 2 rings (SSSR count). The number of aromatic nitrogens is 1. The van der Waals surface area contributed by atoms with Crippen LogP contribution >= 0.6 is 12.4 Å². The lowest BCUT2D eigenvalue weighted by Gasteiger charge is -2.03. The van der Waals surface area contributed by atoms with Gasteiger partial charge in [0.25, 0.3) is 5.91 Å². The first-order valence-corrected chi connectivity index (χ1v) is 6.82. The van der Waals surface area contributed by atoms with Gasteiger partial charge in [-0.05, 0) is 13.0 Å². The van der Waals surface area contributed by atoms with Crippen LogP contribution in [-0.4, -0.2) is 30.7 Å². The van der Waals surface area contributed by atoms with Crippen molar-refractivity contribution in [3.05, 3.63) is 42.2 Å². The van der Waals surface area contributed by atoms with Gasteiger partial charge in [0.15, 0.2) is 0 Å². The molecular formula is C15H20ClN3O2. The van der Waals surface area contributed by atoms with Crippen LogP contribution in [0, 0.1) is 0 Å². The summed E-state index contributed by atoms with van der Waals surface area (Å²) in [7, 11) is 0. The Bertz CT molecular complexity index is 543. The second-order valence-corrected chi connectivity index (χ2v) is 4.45. The molecule has 0 aliphatic heterocycles. The second kappa shape index (κ2) is 9.15. The quantitative estimate of drug-likeness (QED) is 0.771. The van der Waals surface area contributed by atoms with Crippen molar-refractivity contribution in [1.29, 1.82) is 0 Å². The molecule has 0 aliphatic rings. The standard InChI is InChI=1S/C15H19N3O2.ClH/c1-2-8-16-9-10-17-15(19)14-11-13(18-20-14)12-6-4-3-5-7-12;/h3-7,11,16H,2,8-10H2,1H3,(H,17,19);1H. The Hall–Kier alpha value is -1.85. The average molecular weight is 310 g/mol. The molecule has 0 spiro atoms. The highest BCUT2D eigenvalue weighted by Crippen LogP contribution is 2.18. The topological polar surface area (TPSA) is 67.2 Å². The van der Waals surface area contributed by atoms with E-state index in [1.165, 1.54) is 0 Å². The van der Waals surface area contributed by atoms with E-state index in [9.17, 15) is 4.79 Å². The third kappa shape index (κ3) is 5.21. The fraction of sp³-hybridized carbons (Fsp3) is 0.333. The molecule has 2 aromatic rings. The van der Waals surface area contributed by atoms with Gasteiger partial charge in [0.2, 0.25) is 5.76 Å². The smallest absolute Gasteiger partial charge is 0.289 e. The highest BCUT2D eigenvalue weighted by atomic mass is 35.5. The van der Waals surface area contributed by atoms with Gasteiger partial charge in [0, 0.05) is 24.7 Å². The summed E-state index contributed by atoms with van der Waals surface area (Å²) < 4.78 is 5.08. The Morgan fingerprint density at radius 2 is 1.95 bits per heavy atom. The zero-order valence-electron chi connectivity index (χ0n) is 12.0. The van der Waals surface area contributed by atoms with Crippen molar-refractivity contribution in [2.24, 2.45) is 0 Å². The lowest BCUT2D eigenvalue weighted by atomic mass is 10.1. The minimum atomic E-state index is -0.238. The van der Waals surface area contributed by atoms with Crippen LogP contribution in [-0.2, 0) is 0 Å². The van der Waals surface area contributed by atoms with Gasteiger partial charge < -0.3 is 15.2 Å². The fourth-order valence-electron chi connectivity index (χ4n) is 1.78. The molecule has 0 unspecified atom stereocenters. The molecular weight excluding hydrogens is 290 g/mol. The maximum Gasteiger partial charge on any atom is 0.289 e. The molecule has 5 nitrogen and oxygen atoms in total. The summed E-state index contributed by atoms with van der Waals surface area (Å²) in [6.07, 6.45) is 1.08. The summed E-state index contributed by atoms with van der Waals surface area (Å²) in [4.78, 5) is 11.8. The molecule has 0 saturated carbocycles. The van der Waals surface area contributed by atoms with Crippen molar-refractivity contribution >= 4 is 18.3 Å². The summed E-state index contributed by atoms with van der Waals surface area (Å²) in [5.41, 5.74) is 1.60. The van der Waals surface area contributed by atoms with E-state index >= 15 is 0 Å². The van der Waals surface area contributed by atoms with Gasteiger partial charge in [-0.25, -0.2) is 0 Å². The summed E-state index contributed by atoms with van der Waals surface area (Å²) in [5.74, 6) is -0.00248. The largest absolute Gasteiger partial charge is 0.350 e. The van der Waals surface area contributed by atoms with E-state index in [1.807, 2.05) is 30.3 Å². The molecule has 0 atom stereocenters. The second-order valence-electron chi connectivity index (χ2n) is 4.45. The van der Waals surface area contributed by atoms with Gasteiger partial charge in [0.1, 0.15) is 5.69 Å². The van der Waals surface area contributed by atoms with Crippen molar-refractivity contribution in [2.75, 3.05) is 19.6 Å². The minimum absolute atomic E-state index is 0. The summed E-state index contributed by atoms with van der Waals surface area (Å²) in [6, 6.07) is 11.3. The van der Waals surface area contributed by atoms with Gasteiger partial charge >= 0.3 is 0 Å². The Morgan fingerprint density at radius 1 is 1.19 bits per heavy atom. The highest BCUT2D eigenvalue weighted by molar-refractivity contribution is 5.92. The SMILES string of the molecule is CCCNCCNC(=O)c1cc(-c2ccccc2)no1.Cl. The third-order valence-electron chi connectivity index (χ3n) is 2.82. The molecule has 21 heavy (non-hydrogen) atoms. The van der Waals surface area contributed by atoms with E-state index in [0.717, 1.165) is 25.1 Å². The lowest BCUT2D eigenvalue weighted by Crippen LogP contribution is -2.31. The number of nitrogens with one attached hydrogen (secondary N) is 2. The summed E-state index contributed by atoms with van der Waals surface area (Å²) in [6.45, 7) is 4.38. The van der Waals surface area contributed by atoms with Gasteiger partial charge in [-0.1, -0.05) is 42.4 Å². The van der Waals surface area contributed by atoms with Crippen molar-refractivity contribution in [3.63, 3.8) is 0 Å². The summed E-state index contributed by atoms with van der Waals surface area (Å²) >= 11 is 0. The van der Waals surface area contributed by atoms with E-state index in [4.69, 9.17) is 4.52 Å².